The molecule has 4 aromatic rings. The zero-order chi connectivity index (χ0) is 23.8. The highest BCUT2D eigenvalue weighted by Crippen LogP contribution is 2.30. The number of H-pyrrole nitrogens is 1. The van der Waals surface area contributed by atoms with Crippen molar-refractivity contribution >= 4 is 17.3 Å². The molecule has 0 unspecified atom stereocenters. The van der Waals surface area contributed by atoms with Crippen LogP contribution in [0.25, 0.3) is 5.52 Å². The second kappa shape index (κ2) is 9.03. The average molecular weight is 470 g/mol. The lowest BCUT2D eigenvalue weighted by Crippen LogP contribution is -2.53. The number of fused-ring (bicyclic) bond motifs is 2. The van der Waals surface area contributed by atoms with Gasteiger partial charge in [-0.15, -0.1) is 0 Å². The van der Waals surface area contributed by atoms with Crippen molar-refractivity contribution in [3.63, 3.8) is 0 Å². The third kappa shape index (κ3) is 4.10. The van der Waals surface area contributed by atoms with Crippen LogP contribution in [0.1, 0.15) is 50.0 Å². The number of pyridine rings is 1. The number of carbonyl (C=O) groups excluding carboxylic acids is 2. The van der Waals surface area contributed by atoms with Gasteiger partial charge in [0.1, 0.15) is 5.69 Å². The van der Waals surface area contributed by atoms with E-state index >= 15 is 0 Å². The van der Waals surface area contributed by atoms with Crippen molar-refractivity contribution in [3.8, 4) is 0 Å². The van der Waals surface area contributed by atoms with E-state index < -0.39 is 0 Å². The number of imidazole rings is 1. The Hall–Kier alpha value is -3.91. The summed E-state index contributed by atoms with van der Waals surface area (Å²) in [6, 6.07) is 15.6. The number of aromatic amines is 1. The summed E-state index contributed by atoms with van der Waals surface area (Å²) in [5.74, 6) is -0.0882. The van der Waals surface area contributed by atoms with Gasteiger partial charge < -0.3 is 24.3 Å². The van der Waals surface area contributed by atoms with Crippen LogP contribution in [0.15, 0.2) is 67.3 Å². The van der Waals surface area contributed by atoms with Gasteiger partial charge in [0, 0.05) is 37.3 Å². The minimum absolute atomic E-state index is 0.0469. The molecule has 1 saturated heterocycles. The fourth-order valence-electron chi connectivity index (χ4n) is 5.30. The predicted molar refractivity (Wildman–Crippen MR) is 130 cm³/mol. The Morgan fingerprint density at radius 3 is 2.89 bits per heavy atom. The third-order valence-electron chi connectivity index (χ3n) is 7.12. The zero-order valence-corrected chi connectivity index (χ0v) is 19.3. The number of ether oxygens (including phenoxy) is 1. The van der Waals surface area contributed by atoms with Gasteiger partial charge >= 0.3 is 0 Å². The maximum atomic E-state index is 13.5. The highest BCUT2D eigenvalue weighted by Gasteiger charge is 2.34. The number of aromatic nitrogens is 3. The van der Waals surface area contributed by atoms with Crippen LogP contribution in [0.4, 0.5) is 0 Å². The molecule has 0 saturated carbocycles. The summed E-state index contributed by atoms with van der Waals surface area (Å²) in [5.41, 5.74) is 5.21. The summed E-state index contributed by atoms with van der Waals surface area (Å²) in [4.78, 5) is 36.1. The van der Waals surface area contributed by atoms with Gasteiger partial charge in [-0.3, -0.25) is 9.59 Å². The molecular weight excluding hydrogens is 442 g/mol. The van der Waals surface area contributed by atoms with Crippen LogP contribution in [-0.4, -0.2) is 56.8 Å². The molecule has 1 aromatic carbocycles. The van der Waals surface area contributed by atoms with Crippen molar-refractivity contribution in [2.75, 3.05) is 19.7 Å². The van der Waals surface area contributed by atoms with Gasteiger partial charge in [0.2, 0.25) is 0 Å². The smallest absolute Gasteiger partial charge is 0.268 e. The van der Waals surface area contributed by atoms with E-state index in [1.165, 1.54) is 5.56 Å². The van der Waals surface area contributed by atoms with Crippen molar-refractivity contribution in [2.45, 2.75) is 31.4 Å². The molecule has 0 radical (unpaired) electrons. The summed E-state index contributed by atoms with van der Waals surface area (Å²) >= 11 is 0. The molecule has 3 aromatic heterocycles. The highest BCUT2D eigenvalue weighted by molar-refractivity contribution is 6.00. The Morgan fingerprint density at radius 2 is 2.03 bits per heavy atom. The molecule has 0 spiro atoms. The summed E-state index contributed by atoms with van der Waals surface area (Å²) in [5, 5.41) is 3.24. The monoisotopic (exact) mass is 469 g/mol. The van der Waals surface area contributed by atoms with Crippen LogP contribution in [-0.2, 0) is 17.8 Å². The number of benzene rings is 1. The minimum Gasteiger partial charge on any atom is -0.376 e. The zero-order valence-electron chi connectivity index (χ0n) is 19.3. The molecule has 0 bridgehead atoms. The van der Waals surface area contributed by atoms with E-state index in [-0.39, 0.29) is 23.8 Å². The molecule has 6 rings (SSSR count). The first-order valence-electron chi connectivity index (χ1n) is 12.0. The molecule has 2 atom stereocenters. The Balaban J connectivity index is 1.27. The van der Waals surface area contributed by atoms with Gasteiger partial charge in [-0.05, 0) is 35.7 Å². The Morgan fingerprint density at radius 1 is 1.14 bits per heavy atom. The molecular formula is C27H27N5O3. The topological polar surface area (TPSA) is 91.7 Å². The van der Waals surface area contributed by atoms with E-state index in [0.717, 1.165) is 29.6 Å². The number of rotatable bonds is 4. The van der Waals surface area contributed by atoms with Crippen molar-refractivity contribution in [3.05, 3.63) is 95.3 Å². The molecule has 2 aliphatic rings. The molecule has 5 heterocycles. The number of hydrogen-bond donors (Lipinski definition) is 2. The molecule has 2 N–H and O–H groups in total. The Labute approximate surface area is 202 Å². The Kier molecular flexibility index (Phi) is 5.58. The first-order chi connectivity index (χ1) is 17.2. The average Bonchev–Trinajstić information content (AvgIpc) is 3.56. The molecule has 178 valence electrons. The van der Waals surface area contributed by atoms with Crippen LogP contribution in [0.3, 0.4) is 0 Å². The number of piperidine rings is 1. The first-order valence-corrected chi connectivity index (χ1v) is 12.0. The lowest BCUT2D eigenvalue weighted by Gasteiger charge is -2.39. The number of hydrogen-bond acceptors (Lipinski definition) is 4. The maximum absolute atomic E-state index is 13.5. The van der Waals surface area contributed by atoms with Gasteiger partial charge in [-0.1, -0.05) is 30.3 Å². The van der Waals surface area contributed by atoms with Crippen LogP contribution in [0, 0.1) is 0 Å². The predicted octanol–water partition coefficient (Wildman–Crippen LogP) is 3.16. The van der Waals surface area contributed by atoms with Gasteiger partial charge in [-0.25, -0.2) is 4.98 Å². The van der Waals surface area contributed by atoms with E-state index in [0.29, 0.717) is 37.6 Å². The van der Waals surface area contributed by atoms with E-state index in [1.807, 2.05) is 51.9 Å². The van der Waals surface area contributed by atoms with Crippen LogP contribution in [0.5, 0.6) is 0 Å². The van der Waals surface area contributed by atoms with Crippen molar-refractivity contribution in [1.29, 1.82) is 0 Å². The molecule has 2 amide bonds. The Bertz CT molecular complexity index is 1350. The number of carbonyl (C=O) groups is 2. The maximum Gasteiger partial charge on any atom is 0.268 e. The summed E-state index contributed by atoms with van der Waals surface area (Å²) < 4.78 is 7.37. The molecule has 35 heavy (non-hydrogen) atoms. The van der Waals surface area contributed by atoms with Crippen molar-refractivity contribution in [2.24, 2.45) is 0 Å². The minimum atomic E-state index is -0.219. The van der Waals surface area contributed by atoms with Crippen molar-refractivity contribution in [1.82, 2.24) is 24.6 Å². The molecule has 8 nitrogen and oxygen atoms in total. The summed E-state index contributed by atoms with van der Waals surface area (Å²) in [6.45, 7) is 2.24. The molecule has 0 aliphatic carbocycles. The fraction of sp³-hybridized carbons (Fsp3) is 0.296. The SMILES string of the molecule is O=C(N[C@@H]1CN(C(=O)c2cccn3cncc23)CC[C@H]1c1ccccc1)c1cc2c([nH]1)CCOC2. The first kappa shape index (κ1) is 21.6. The second-order valence-corrected chi connectivity index (χ2v) is 9.23. The van der Waals surface area contributed by atoms with Crippen molar-refractivity contribution < 1.29 is 14.3 Å². The number of likely N-dealkylation sites (tertiary alicyclic amines) is 1. The van der Waals surface area contributed by atoms with E-state index in [9.17, 15) is 9.59 Å². The third-order valence-corrected chi connectivity index (χ3v) is 7.12. The quantitative estimate of drug-likeness (QED) is 0.480. The number of amides is 2. The summed E-state index contributed by atoms with van der Waals surface area (Å²) in [7, 11) is 0. The summed E-state index contributed by atoms with van der Waals surface area (Å²) in [6.07, 6.45) is 6.82. The normalized spacial score (nSPS) is 19.9. The van der Waals surface area contributed by atoms with E-state index in [4.69, 9.17) is 4.74 Å². The second-order valence-electron chi connectivity index (χ2n) is 9.23. The van der Waals surface area contributed by atoms with E-state index in [2.05, 4.69) is 27.4 Å². The lowest BCUT2D eigenvalue weighted by molar-refractivity contribution is 0.0656. The van der Waals surface area contributed by atoms with Gasteiger partial charge in [0.15, 0.2) is 0 Å². The largest absolute Gasteiger partial charge is 0.376 e. The standard InChI is InChI=1S/C27H27N5O3/c33-26(23-13-19-16-35-12-9-22(19)29-23)30-24-15-31(11-8-20(24)18-5-2-1-3-6-18)27(34)21-7-4-10-32-17-28-14-25(21)32/h1-7,10,13-14,17,20,24,29H,8-9,11-12,15-16H2,(H,30,33)/t20-,24+/m0/s1. The van der Waals surface area contributed by atoms with Crippen LogP contribution >= 0.6 is 0 Å². The van der Waals surface area contributed by atoms with Gasteiger partial charge in [0.25, 0.3) is 11.8 Å². The lowest BCUT2D eigenvalue weighted by atomic mass is 9.85. The molecule has 8 heteroatoms. The van der Waals surface area contributed by atoms with Gasteiger partial charge in [-0.2, -0.15) is 0 Å². The van der Waals surface area contributed by atoms with Crippen LogP contribution in [0.2, 0.25) is 0 Å². The molecule has 2 aliphatic heterocycles. The van der Waals surface area contributed by atoms with Crippen LogP contribution < -0.4 is 5.32 Å². The fourth-order valence-corrected chi connectivity index (χ4v) is 5.30. The highest BCUT2D eigenvalue weighted by atomic mass is 16.5. The van der Waals surface area contributed by atoms with Gasteiger partial charge in [0.05, 0.1) is 42.9 Å². The molecule has 1 fully saturated rings. The number of nitrogens with zero attached hydrogens (tertiary/aromatic N) is 3. The van der Waals surface area contributed by atoms with E-state index in [1.54, 1.807) is 12.5 Å². The number of nitrogens with one attached hydrogen (secondary N) is 2.